The fourth-order valence-electron chi connectivity index (χ4n) is 1.79. The maximum atomic E-state index is 12.1. The molecule has 22 heavy (non-hydrogen) atoms. The van der Waals surface area contributed by atoms with Gasteiger partial charge in [0.15, 0.2) is 0 Å². The van der Waals surface area contributed by atoms with Gasteiger partial charge in [0.2, 0.25) is 5.91 Å². The van der Waals surface area contributed by atoms with E-state index in [9.17, 15) is 9.59 Å². The normalized spacial score (nSPS) is 10.4. The van der Waals surface area contributed by atoms with Crippen LogP contribution in [-0.2, 0) is 9.59 Å². The monoisotopic (exact) mass is 303 g/mol. The van der Waals surface area contributed by atoms with Crippen molar-refractivity contribution in [2.75, 3.05) is 19.7 Å². The minimum absolute atomic E-state index is 0.0868. The van der Waals surface area contributed by atoms with E-state index in [1.54, 1.807) is 12.2 Å². The van der Waals surface area contributed by atoms with Gasteiger partial charge in [-0.15, -0.1) is 6.58 Å². The number of carboxylic acid groups (broad SMARTS) is 1. The molecule has 0 fully saturated rings. The number of hydrogen-bond acceptors (Lipinski definition) is 3. The molecule has 5 nitrogen and oxygen atoms in total. The van der Waals surface area contributed by atoms with Crippen LogP contribution in [0.5, 0.6) is 5.75 Å². The second-order valence-corrected chi connectivity index (χ2v) is 4.55. The fourth-order valence-corrected chi connectivity index (χ4v) is 1.79. The molecule has 0 aliphatic carbocycles. The van der Waals surface area contributed by atoms with Crippen molar-refractivity contribution in [3.8, 4) is 5.75 Å². The second-order valence-electron chi connectivity index (χ2n) is 4.55. The number of aliphatic carboxylic acids is 1. The van der Waals surface area contributed by atoms with Crippen LogP contribution in [0.25, 0.3) is 6.08 Å². The third kappa shape index (κ3) is 6.26. The van der Waals surface area contributed by atoms with Gasteiger partial charge >= 0.3 is 5.97 Å². The summed E-state index contributed by atoms with van der Waals surface area (Å²) in [5, 5.41) is 8.70. The van der Waals surface area contributed by atoms with E-state index >= 15 is 0 Å². The highest BCUT2D eigenvalue weighted by atomic mass is 16.5. The van der Waals surface area contributed by atoms with Crippen molar-refractivity contribution in [3.05, 3.63) is 48.6 Å². The lowest BCUT2D eigenvalue weighted by Gasteiger charge is -2.18. The summed E-state index contributed by atoms with van der Waals surface area (Å²) in [6, 6.07) is 7.37. The molecule has 1 amide bonds. The SMILES string of the molecule is C=CCN(CCC(=O)O)C(=O)/C=C/c1ccc(OCC)cc1. The highest BCUT2D eigenvalue weighted by Crippen LogP contribution is 2.13. The van der Waals surface area contributed by atoms with E-state index in [1.165, 1.54) is 11.0 Å². The van der Waals surface area contributed by atoms with Gasteiger partial charge in [0.1, 0.15) is 5.75 Å². The van der Waals surface area contributed by atoms with E-state index in [4.69, 9.17) is 9.84 Å². The molecular formula is C17H21NO4. The second kappa shape index (κ2) is 9.39. The van der Waals surface area contributed by atoms with E-state index < -0.39 is 5.97 Å². The summed E-state index contributed by atoms with van der Waals surface area (Å²) in [4.78, 5) is 24.1. The van der Waals surface area contributed by atoms with Gasteiger partial charge < -0.3 is 14.7 Å². The molecule has 0 radical (unpaired) electrons. The first-order chi connectivity index (χ1) is 10.6. The summed E-state index contributed by atoms with van der Waals surface area (Å²) in [6.45, 7) is 6.58. The van der Waals surface area contributed by atoms with Crippen molar-refractivity contribution in [2.45, 2.75) is 13.3 Å². The molecule has 1 aromatic rings. The lowest BCUT2D eigenvalue weighted by molar-refractivity contribution is -0.137. The number of amides is 1. The molecule has 0 unspecified atom stereocenters. The van der Waals surface area contributed by atoms with Gasteiger partial charge in [-0.3, -0.25) is 9.59 Å². The van der Waals surface area contributed by atoms with Crippen LogP contribution in [-0.4, -0.2) is 41.6 Å². The van der Waals surface area contributed by atoms with Crippen molar-refractivity contribution >= 4 is 18.0 Å². The molecule has 5 heteroatoms. The molecule has 0 aromatic heterocycles. The summed E-state index contributed by atoms with van der Waals surface area (Å²) in [6.07, 6.45) is 4.61. The number of carbonyl (C=O) groups is 2. The van der Waals surface area contributed by atoms with Crippen molar-refractivity contribution in [2.24, 2.45) is 0 Å². The number of nitrogens with zero attached hydrogens (tertiary/aromatic N) is 1. The summed E-state index contributed by atoms with van der Waals surface area (Å²) < 4.78 is 5.35. The van der Waals surface area contributed by atoms with Gasteiger partial charge in [-0.25, -0.2) is 0 Å². The molecule has 0 heterocycles. The maximum Gasteiger partial charge on any atom is 0.305 e. The molecule has 0 bridgehead atoms. The molecule has 0 saturated heterocycles. The summed E-state index contributed by atoms with van der Waals surface area (Å²) >= 11 is 0. The minimum atomic E-state index is -0.933. The largest absolute Gasteiger partial charge is 0.494 e. The number of ether oxygens (including phenoxy) is 1. The van der Waals surface area contributed by atoms with Gasteiger partial charge in [-0.2, -0.15) is 0 Å². The Kier molecular flexibility index (Phi) is 7.47. The number of hydrogen-bond donors (Lipinski definition) is 1. The molecule has 0 aliphatic rings. The van der Waals surface area contributed by atoms with Gasteiger partial charge in [0.25, 0.3) is 0 Å². The first kappa shape index (κ1) is 17.5. The number of rotatable bonds is 9. The summed E-state index contributed by atoms with van der Waals surface area (Å²) in [5.41, 5.74) is 0.869. The average molecular weight is 303 g/mol. The van der Waals surface area contributed by atoms with Crippen LogP contribution in [0.4, 0.5) is 0 Å². The zero-order valence-electron chi connectivity index (χ0n) is 12.7. The van der Waals surface area contributed by atoms with Crippen molar-refractivity contribution < 1.29 is 19.4 Å². The van der Waals surface area contributed by atoms with Crippen molar-refractivity contribution in [1.82, 2.24) is 4.90 Å². The van der Waals surface area contributed by atoms with Crippen LogP contribution in [0.3, 0.4) is 0 Å². The van der Waals surface area contributed by atoms with E-state index in [0.717, 1.165) is 11.3 Å². The predicted molar refractivity (Wildman–Crippen MR) is 85.7 cm³/mol. The van der Waals surface area contributed by atoms with Gasteiger partial charge in [0.05, 0.1) is 13.0 Å². The summed E-state index contributed by atoms with van der Waals surface area (Å²) in [5.74, 6) is -0.395. The smallest absolute Gasteiger partial charge is 0.305 e. The number of carboxylic acids is 1. The molecule has 1 rings (SSSR count). The molecule has 0 saturated carbocycles. The molecule has 118 valence electrons. The lowest BCUT2D eigenvalue weighted by atomic mass is 10.2. The van der Waals surface area contributed by atoms with Crippen LogP contribution < -0.4 is 4.74 Å². The minimum Gasteiger partial charge on any atom is -0.494 e. The Balaban J connectivity index is 2.66. The molecule has 0 atom stereocenters. The maximum absolute atomic E-state index is 12.1. The lowest BCUT2D eigenvalue weighted by Crippen LogP contribution is -2.31. The quantitative estimate of drug-likeness (QED) is 0.562. The zero-order chi connectivity index (χ0) is 16.4. The van der Waals surface area contributed by atoms with Gasteiger partial charge in [-0.05, 0) is 30.7 Å². The van der Waals surface area contributed by atoms with Crippen LogP contribution in [0.2, 0.25) is 0 Å². The topological polar surface area (TPSA) is 66.8 Å². The predicted octanol–water partition coefficient (Wildman–Crippen LogP) is 2.59. The number of carbonyl (C=O) groups excluding carboxylic acids is 1. The molecule has 1 aromatic carbocycles. The molecular weight excluding hydrogens is 282 g/mol. The molecule has 1 N–H and O–H groups in total. The third-order valence-electron chi connectivity index (χ3n) is 2.87. The highest BCUT2D eigenvalue weighted by molar-refractivity contribution is 5.92. The van der Waals surface area contributed by atoms with Crippen LogP contribution in [0.15, 0.2) is 43.0 Å². The Morgan fingerprint density at radius 1 is 1.32 bits per heavy atom. The first-order valence-corrected chi connectivity index (χ1v) is 7.09. The van der Waals surface area contributed by atoms with Crippen molar-refractivity contribution in [1.29, 1.82) is 0 Å². The van der Waals surface area contributed by atoms with Crippen LogP contribution in [0, 0.1) is 0 Å². The molecule has 0 aliphatic heterocycles. The zero-order valence-corrected chi connectivity index (χ0v) is 12.7. The Labute approximate surface area is 130 Å². The Hall–Kier alpha value is -2.56. The van der Waals surface area contributed by atoms with E-state index in [1.807, 2.05) is 31.2 Å². The van der Waals surface area contributed by atoms with Crippen molar-refractivity contribution in [3.63, 3.8) is 0 Å². The highest BCUT2D eigenvalue weighted by Gasteiger charge is 2.10. The van der Waals surface area contributed by atoms with Crippen LogP contribution >= 0.6 is 0 Å². The Bertz CT molecular complexity index is 534. The fraction of sp³-hybridized carbons (Fsp3) is 0.294. The van der Waals surface area contributed by atoms with Crippen LogP contribution in [0.1, 0.15) is 18.9 Å². The van der Waals surface area contributed by atoms with Gasteiger partial charge in [0, 0.05) is 19.2 Å². The third-order valence-corrected chi connectivity index (χ3v) is 2.87. The Morgan fingerprint density at radius 2 is 2.00 bits per heavy atom. The Morgan fingerprint density at radius 3 is 2.55 bits per heavy atom. The summed E-state index contributed by atoms with van der Waals surface area (Å²) in [7, 11) is 0. The average Bonchev–Trinajstić information content (AvgIpc) is 2.50. The molecule has 0 spiro atoms. The van der Waals surface area contributed by atoms with E-state index in [-0.39, 0.29) is 18.9 Å². The van der Waals surface area contributed by atoms with E-state index in [0.29, 0.717) is 13.2 Å². The first-order valence-electron chi connectivity index (χ1n) is 7.09. The number of benzene rings is 1. The van der Waals surface area contributed by atoms with Gasteiger partial charge in [-0.1, -0.05) is 18.2 Å². The van der Waals surface area contributed by atoms with E-state index in [2.05, 4.69) is 6.58 Å². The standard InChI is InChI=1S/C17H21NO4/c1-3-12-18(13-11-17(20)21)16(19)10-7-14-5-8-15(9-6-14)22-4-2/h3,5-10H,1,4,11-13H2,2H3,(H,20,21)/b10-7+.